The van der Waals surface area contributed by atoms with E-state index in [1.807, 2.05) is 30.3 Å². The average Bonchev–Trinajstić information content (AvgIpc) is 3.21. The standard InChI is InChI=1S/C24H32N4O3.HI/c1-17(21-16-31-22-8-6-5-7-20(21)22)27-24(26-15-23(29)28(2)3)25-14-13-18-9-11-19(30-4)12-10-18;/h5-12,17,21H,13-16H2,1-4H3,(H2,25,26,27);1H. The van der Waals surface area contributed by atoms with Crippen LogP contribution in [-0.4, -0.2) is 63.7 Å². The van der Waals surface area contributed by atoms with Crippen LogP contribution in [0.25, 0.3) is 0 Å². The molecule has 1 aliphatic rings. The Morgan fingerprint density at radius 2 is 1.94 bits per heavy atom. The lowest BCUT2D eigenvalue weighted by molar-refractivity contribution is -0.127. The van der Waals surface area contributed by atoms with E-state index in [2.05, 4.69) is 40.7 Å². The van der Waals surface area contributed by atoms with E-state index in [9.17, 15) is 4.79 Å². The number of fused-ring (bicyclic) bond motifs is 1. The van der Waals surface area contributed by atoms with Crippen LogP contribution in [-0.2, 0) is 11.2 Å². The van der Waals surface area contributed by atoms with Gasteiger partial charge in [-0.3, -0.25) is 4.79 Å². The van der Waals surface area contributed by atoms with Crippen molar-refractivity contribution in [3.63, 3.8) is 0 Å². The highest BCUT2D eigenvalue weighted by Crippen LogP contribution is 2.35. The molecule has 0 spiro atoms. The van der Waals surface area contributed by atoms with Gasteiger partial charge in [0.15, 0.2) is 5.96 Å². The zero-order valence-electron chi connectivity index (χ0n) is 19.1. The SMILES string of the molecule is COc1ccc(CCNC(=NCC(=O)N(C)C)NC(C)C2COc3ccccc32)cc1.I. The molecule has 2 N–H and O–H groups in total. The van der Waals surface area contributed by atoms with Gasteiger partial charge in [-0.1, -0.05) is 30.3 Å². The molecule has 0 radical (unpaired) electrons. The van der Waals surface area contributed by atoms with Gasteiger partial charge in [0.2, 0.25) is 5.91 Å². The van der Waals surface area contributed by atoms with Crippen LogP contribution in [0.5, 0.6) is 11.5 Å². The predicted octanol–water partition coefficient (Wildman–Crippen LogP) is 3.04. The van der Waals surface area contributed by atoms with E-state index in [1.54, 1.807) is 26.1 Å². The van der Waals surface area contributed by atoms with Crippen molar-refractivity contribution in [1.29, 1.82) is 0 Å². The number of benzene rings is 2. The Morgan fingerprint density at radius 3 is 2.62 bits per heavy atom. The van der Waals surface area contributed by atoms with Crippen molar-refractivity contribution in [2.45, 2.75) is 25.3 Å². The van der Waals surface area contributed by atoms with Crippen molar-refractivity contribution in [3.8, 4) is 11.5 Å². The maximum absolute atomic E-state index is 12.0. The third kappa shape index (κ3) is 7.01. The van der Waals surface area contributed by atoms with Gasteiger partial charge < -0.3 is 25.0 Å². The van der Waals surface area contributed by atoms with Gasteiger partial charge in [-0.25, -0.2) is 4.99 Å². The minimum absolute atomic E-state index is 0. The third-order valence-electron chi connectivity index (χ3n) is 5.44. The van der Waals surface area contributed by atoms with Crippen molar-refractivity contribution in [1.82, 2.24) is 15.5 Å². The second-order valence-corrected chi connectivity index (χ2v) is 7.87. The summed E-state index contributed by atoms with van der Waals surface area (Å²) in [6, 6.07) is 16.2. The molecule has 32 heavy (non-hydrogen) atoms. The molecular weight excluding hydrogens is 519 g/mol. The maximum atomic E-state index is 12.0. The molecule has 2 aromatic rings. The van der Waals surface area contributed by atoms with Gasteiger partial charge in [-0.2, -0.15) is 0 Å². The minimum atomic E-state index is -0.0431. The second kappa shape index (κ2) is 12.5. The smallest absolute Gasteiger partial charge is 0.243 e. The van der Waals surface area contributed by atoms with Crippen LogP contribution >= 0.6 is 24.0 Å². The van der Waals surface area contributed by atoms with Crippen molar-refractivity contribution < 1.29 is 14.3 Å². The number of para-hydroxylation sites is 1. The number of halogens is 1. The summed E-state index contributed by atoms with van der Waals surface area (Å²) in [7, 11) is 5.13. The highest BCUT2D eigenvalue weighted by atomic mass is 127. The van der Waals surface area contributed by atoms with Crippen LogP contribution in [0.1, 0.15) is 24.0 Å². The lowest BCUT2D eigenvalue weighted by Crippen LogP contribution is -2.46. The molecule has 2 atom stereocenters. The fourth-order valence-electron chi connectivity index (χ4n) is 3.48. The first-order valence-electron chi connectivity index (χ1n) is 10.6. The maximum Gasteiger partial charge on any atom is 0.243 e. The third-order valence-corrected chi connectivity index (χ3v) is 5.44. The normalized spacial score (nSPS) is 15.6. The molecule has 0 fully saturated rings. The van der Waals surface area contributed by atoms with Crippen LogP contribution in [0.3, 0.4) is 0 Å². The number of nitrogens with one attached hydrogen (secondary N) is 2. The number of nitrogens with zero attached hydrogens (tertiary/aromatic N) is 2. The molecule has 3 rings (SSSR count). The second-order valence-electron chi connectivity index (χ2n) is 7.87. The largest absolute Gasteiger partial charge is 0.497 e. The van der Waals surface area contributed by atoms with E-state index in [0.717, 1.165) is 17.9 Å². The van der Waals surface area contributed by atoms with Gasteiger partial charge in [0.25, 0.3) is 0 Å². The predicted molar refractivity (Wildman–Crippen MR) is 138 cm³/mol. The number of guanidine groups is 1. The summed E-state index contributed by atoms with van der Waals surface area (Å²) in [6.07, 6.45) is 0.829. The van der Waals surface area contributed by atoms with Gasteiger partial charge in [0.1, 0.15) is 18.0 Å². The van der Waals surface area contributed by atoms with Gasteiger partial charge in [-0.15, -0.1) is 24.0 Å². The number of aliphatic imine (C=N–C) groups is 1. The molecular formula is C24H33IN4O3. The Morgan fingerprint density at radius 1 is 1.22 bits per heavy atom. The fraction of sp³-hybridized carbons (Fsp3) is 0.417. The van der Waals surface area contributed by atoms with E-state index >= 15 is 0 Å². The molecule has 8 heteroatoms. The molecule has 0 aliphatic carbocycles. The minimum Gasteiger partial charge on any atom is -0.497 e. The summed E-state index contributed by atoms with van der Waals surface area (Å²) in [5, 5.41) is 6.83. The molecule has 1 heterocycles. The van der Waals surface area contributed by atoms with Crippen molar-refractivity contribution in [3.05, 3.63) is 59.7 Å². The van der Waals surface area contributed by atoms with E-state index < -0.39 is 0 Å². The first kappa shape index (κ1) is 25.8. The highest BCUT2D eigenvalue weighted by Gasteiger charge is 2.29. The molecule has 0 saturated heterocycles. The first-order valence-corrected chi connectivity index (χ1v) is 10.6. The molecule has 0 aromatic heterocycles. The topological polar surface area (TPSA) is 75.2 Å². The summed E-state index contributed by atoms with van der Waals surface area (Å²) in [6.45, 7) is 3.53. The summed E-state index contributed by atoms with van der Waals surface area (Å²) >= 11 is 0. The lowest BCUT2D eigenvalue weighted by Gasteiger charge is -2.23. The quantitative estimate of drug-likeness (QED) is 0.299. The van der Waals surface area contributed by atoms with Gasteiger partial charge in [0, 0.05) is 38.2 Å². The van der Waals surface area contributed by atoms with Crippen LogP contribution in [0.15, 0.2) is 53.5 Å². The Balaban J connectivity index is 0.00000363. The molecule has 7 nitrogen and oxygen atoms in total. The van der Waals surface area contributed by atoms with Gasteiger partial charge in [0.05, 0.1) is 13.7 Å². The number of ether oxygens (including phenoxy) is 2. The number of amides is 1. The number of hydrogen-bond donors (Lipinski definition) is 2. The molecule has 1 amide bonds. The molecule has 1 aliphatic heterocycles. The summed E-state index contributed by atoms with van der Waals surface area (Å²) < 4.78 is 11.0. The Hall–Kier alpha value is -2.49. The Bertz CT molecular complexity index is 902. The van der Waals surface area contributed by atoms with E-state index in [-0.39, 0.29) is 48.4 Å². The number of rotatable bonds is 8. The zero-order valence-corrected chi connectivity index (χ0v) is 21.5. The van der Waals surface area contributed by atoms with E-state index in [1.165, 1.54) is 11.1 Å². The van der Waals surface area contributed by atoms with Crippen molar-refractivity contribution in [2.75, 3.05) is 40.9 Å². The van der Waals surface area contributed by atoms with Crippen LogP contribution in [0.4, 0.5) is 0 Å². The van der Waals surface area contributed by atoms with Crippen LogP contribution in [0.2, 0.25) is 0 Å². The van der Waals surface area contributed by atoms with Crippen LogP contribution in [0, 0.1) is 0 Å². The average molecular weight is 552 g/mol. The fourth-order valence-corrected chi connectivity index (χ4v) is 3.48. The first-order chi connectivity index (χ1) is 15.0. The lowest BCUT2D eigenvalue weighted by atomic mass is 9.94. The van der Waals surface area contributed by atoms with Gasteiger partial charge >= 0.3 is 0 Å². The monoisotopic (exact) mass is 552 g/mol. The number of likely N-dealkylation sites (N-methyl/N-ethyl adjacent to an activating group) is 1. The molecule has 2 unspecified atom stereocenters. The van der Waals surface area contributed by atoms with Gasteiger partial charge in [-0.05, 0) is 37.1 Å². The zero-order chi connectivity index (χ0) is 22.2. The molecule has 2 aromatic carbocycles. The summed E-state index contributed by atoms with van der Waals surface area (Å²) in [5.41, 5.74) is 2.40. The molecule has 0 saturated carbocycles. The number of carbonyl (C=O) groups is 1. The number of methoxy groups -OCH3 is 1. The van der Waals surface area contributed by atoms with E-state index in [4.69, 9.17) is 9.47 Å². The van der Waals surface area contributed by atoms with Crippen molar-refractivity contribution in [2.24, 2.45) is 4.99 Å². The Labute approximate surface area is 207 Å². The van der Waals surface area contributed by atoms with Crippen LogP contribution < -0.4 is 20.1 Å². The van der Waals surface area contributed by atoms with E-state index in [0.29, 0.717) is 19.1 Å². The number of hydrogen-bond acceptors (Lipinski definition) is 4. The summed E-state index contributed by atoms with van der Waals surface area (Å²) in [4.78, 5) is 18.1. The molecule has 0 bridgehead atoms. The van der Waals surface area contributed by atoms with Crippen molar-refractivity contribution >= 4 is 35.8 Å². The number of carbonyl (C=O) groups excluding carboxylic acids is 1. The molecule has 174 valence electrons. The Kier molecular flexibility index (Phi) is 10.1. The highest BCUT2D eigenvalue weighted by molar-refractivity contribution is 14.0. The summed E-state index contributed by atoms with van der Waals surface area (Å²) in [5.74, 6) is 2.58.